The summed E-state index contributed by atoms with van der Waals surface area (Å²) in [7, 11) is 0. The third-order valence-electron chi connectivity index (χ3n) is 1.29. The first-order valence-corrected chi connectivity index (χ1v) is 2.90. The summed E-state index contributed by atoms with van der Waals surface area (Å²) in [6.07, 6.45) is 0.689. The molecule has 0 saturated heterocycles. The fraction of sp³-hybridized carbons (Fsp3) is 0.571. The fourth-order valence-electron chi connectivity index (χ4n) is 0.499. The van der Waals surface area contributed by atoms with Gasteiger partial charge in [-0.3, -0.25) is 4.79 Å². The average molecular weight is 128 g/mol. The molecule has 2 nitrogen and oxygen atoms in total. The first kappa shape index (κ1) is 8.37. The molecule has 0 bridgehead atoms. The molecule has 0 amide bonds. The minimum absolute atomic E-state index is 0.137. The molecule has 0 rings (SSSR count). The summed E-state index contributed by atoms with van der Waals surface area (Å²) in [4.78, 5) is 10.4. The van der Waals surface area contributed by atoms with Crippen LogP contribution in [-0.2, 0) is 4.79 Å². The number of aliphatic hydroxyl groups is 1. The molecule has 52 valence electrons. The fourth-order valence-corrected chi connectivity index (χ4v) is 0.499. The zero-order valence-electron chi connectivity index (χ0n) is 5.79. The van der Waals surface area contributed by atoms with Crippen molar-refractivity contribution >= 4 is 5.78 Å². The molecule has 0 aromatic rings. The quantitative estimate of drug-likeness (QED) is 0.570. The number of hydrogen-bond donors (Lipinski definition) is 1. The lowest BCUT2D eigenvalue weighted by atomic mass is 10.0. The van der Waals surface area contributed by atoms with Gasteiger partial charge >= 0.3 is 0 Å². The van der Waals surface area contributed by atoms with Gasteiger partial charge in [0.25, 0.3) is 0 Å². The summed E-state index contributed by atoms with van der Waals surface area (Å²) < 4.78 is 0. The molecule has 0 unspecified atom stereocenters. The number of ketones is 1. The van der Waals surface area contributed by atoms with E-state index in [-0.39, 0.29) is 11.7 Å². The van der Waals surface area contributed by atoms with E-state index in [4.69, 9.17) is 5.11 Å². The van der Waals surface area contributed by atoms with Crippen LogP contribution in [0.25, 0.3) is 0 Å². The Balaban J connectivity index is 3.86. The molecule has 0 aliphatic carbocycles. The van der Waals surface area contributed by atoms with Crippen molar-refractivity contribution in [2.75, 3.05) is 0 Å². The minimum Gasteiger partial charge on any atom is -0.385 e. The summed E-state index contributed by atoms with van der Waals surface area (Å²) in [5.74, 6) is -0.343. The van der Waals surface area contributed by atoms with Crippen LogP contribution in [0.5, 0.6) is 0 Å². The molecule has 0 spiro atoms. The van der Waals surface area contributed by atoms with Gasteiger partial charge in [-0.1, -0.05) is 13.0 Å². The van der Waals surface area contributed by atoms with Gasteiger partial charge in [-0.2, -0.15) is 0 Å². The molecule has 9 heavy (non-hydrogen) atoms. The lowest BCUT2D eigenvalue weighted by Gasteiger charge is -2.09. The maximum atomic E-state index is 10.4. The minimum atomic E-state index is -0.873. The smallest absolute Gasteiger partial charge is 0.158 e. The number of aliphatic hydroxyl groups excluding tert-OH is 1. The van der Waals surface area contributed by atoms with Gasteiger partial charge in [0.1, 0.15) is 6.10 Å². The zero-order valence-corrected chi connectivity index (χ0v) is 5.79. The Morgan fingerprint density at radius 2 is 2.22 bits per heavy atom. The van der Waals surface area contributed by atoms with Crippen LogP contribution in [0.2, 0.25) is 0 Å². The van der Waals surface area contributed by atoms with Crippen molar-refractivity contribution in [2.45, 2.75) is 20.0 Å². The SMILES string of the molecule is C=C[C@H](C)[C@@H](O)C(C)=O. The van der Waals surface area contributed by atoms with Crippen LogP contribution in [0.3, 0.4) is 0 Å². The highest BCUT2D eigenvalue weighted by molar-refractivity contribution is 5.80. The molecule has 0 radical (unpaired) electrons. The van der Waals surface area contributed by atoms with E-state index in [1.807, 2.05) is 0 Å². The van der Waals surface area contributed by atoms with E-state index in [2.05, 4.69) is 6.58 Å². The first-order chi connectivity index (χ1) is 4.09. The predicted octanol–water partition coefficient (Wildman–Crippen LogP) is 0.758. The molecule has 2 atom stereocenters. The monoisotopic (exact) mass is 128 g/mol. The highest BCUT2D eigenvalue weighted by Gasteiger charge is 2.14. The van der Waals surface area contributed by atoms with Gasteiger partial charge in [-0.05, 0) is 6.92 Å². The molecule has 1 N–H and O–H groups in total. The second kappa shape index (κ2) is 3.41. The van der Waals surface area contributed by atoms with Crippen LogP contribution in [0, 0.1) is 5.92 Å². The van der Waals surface area contributed by atoms with Gasteiger partial charge < -0.3 is 5.11 Å². The molecule has 0 saturated carbocycles. The van der Waals surface area contributed by atoms with Crippen molar-refractivity contribution in [1.82, 2.24) is 0 Å². The highest BCUT2D eigenvalue weighted by atomic mass is 16.3. The van der Waals surface area contributed by atoms with Crippen molar-refractivity contribution in [3.05, 3.63) is 12.7 Å². The summed E-state index contributed by atoms with van der Waals surface area (Å²) in [6.45, 7) is 6.57. The number of rotatable bonds is 3. The van der Waals surface area contributed by atoms with Crippen molar-refractivity contribution in [3.63, 3.8) is 0 Å². The van der Waals surface area contributed by atoms with Gasteiger partial charge in [-0.15, -0.1) is 6.58 Å². The standard InChI is InChI=1S/C7H12O2/c1-4-5(2)7(9)6(3)8/h4-5,7,9H,1H2,2-3H3/t5-,7+/m0/s1. The second-order valence-corrected chi connectivity index (χ2v) is 2.15. The molecule has 0 aromatic heterocycles. The first-order valence-electron chi connectivity index (χ1n) is 2.90. The molecular formula is C7H12O2. The number of carbonyl (C=O) groups excluding carboxylic acids is 1. The van der Waals surface area contributed by atoms with Crippen LogP contribution in [0.15, 0.2) is 12.7 Å². The number of hydrogen-bond acceptors (Lipinski definition) is 2. The van der Waals surface area contributed by atoms with Crippen molar-refractivity contribution < 1.29 is 9.90 Å². The van der Waals surface area contributed by atoms with Crippen LogP contribution >= 0.6 is 0 Å². The largest absolute Gasteiger partial charge is 0.385 e. The highest BCUT2D eigenvalue weighted by Crippen LogP contribution is 2.03. The van der Waals surface area contributed by atoms with Gasteiger partial charge in [0.05, 0.1) is 0 Å². The van der Waals surface area contributed by atoms with Crippen molar-refractivity contribution in [3.8, 4) is 0 Å². The van der Waals surface area contributed by atoms with E-state index in [0.29, 0.717) is 0 Å². The van der Waals surface area contributed by atoms with Crippen LogP contribution in [0.4, 0.5) is 0 Å². The zero-order chi connectivity index (χ0) is 7.44. The third kappa shape index (κ3) is 2.42. The molecule has 0 aliphatic rings. The summed E-state index contributed by atoms with van der Waals surface area (Å²) in [5, 5.41) is 8.97. The lowest BCUT2D eigenvalue weighted by molar-refractivity contribution is -0.126. The molecular weight excluding hydrogens is 116 g/mol. The van der Waals surface area contributed by atoms with Crippen molar-refractivity contribution in [2.24, 2.45) is 5.92 Å². The van der Waals surface area contributed by atoms with Gasteiger partial charge in [-0.25, -0.2) is 0 Å². The van der Waals surface area contributed by atoms with Crippen LogP contribution in [-0.4, -0.2) is 17.0 Å². The maximum Gasteiger partial charge on any atom is 0.158 e. The Labute approximate surface area is 55.2 Å². The Morgan fingerprint density at radius 1 is 1.78 bits per heavy atom. The predicted molar refractivity (Wildman–Crippen MR) is 36.0 cm³/mol. The average Bonchev–Trinajstić information content (AvgIpc) is 1.84. The summed E-state index contributed by atoms with van der Waals surface area (Å²) in [6, 6.07) is 0. The summed E-state index contributed by atoms with van der Waals surface area (Å²) >= 11 is 0. The Morgan fingerprint density at radius 3 is 2.33 bits per heavy atom. The van der Waals surface area contributed by atoms with E-state index < -0.39 is 6.10 Å². The Bertz CT molecular complexity index is 118. The summed E-state index contributed by atoms with van der Waals surface area (Å²) in [5.41, 5.74) is 0. The van der Waals surface area contributed by atoms with E-state index in [0.717, 1.165) is 0 Å². The van der Waals surface area contributed by atoms with Gasteiger partial charge in [0.2, 0.25) is 0 Å². The molecule has 0 fully saturated rings. The molecule has 0 aliphatic heterocycles. The van der Waals surface area contributed by atoms with E-state index >= 15 is 0 Å². The second-order valence-electron chi connectivity index (χ2n) is 2.15. The van der Waals surface area contributed by atoms with E-state index in [1.54, 1.807) is 13.0 Å². The van der Waals surface area contributed by atoms with Gasteiger partial charge in [0.15, 0.2) is 5.78 Å². The normalized spacial score (nSPS) is 16.3. The Hall–Kier alpha value is -0.630. The van der Waals surface area contributed by atoms with E-state index in [1.165, 1.54) is 6.92 Å². The lowest BCUT2D eigenvalue weighted by Crippen LogP contribution is -2.23. The van der Waals surface area contributed by atoms with Crippen LogP contribution in [0.1, 0.15) is 13.8 Å². The van der Waals surface area contributed by atoms with Crippen molar-refractivity contribution in [1.29, 1.82) is 0 Å². The maximum absolute atomic E-state index is 10.4. The number of carbonyl (C=O) groups is 1. The molecule has 0 heterocycles. The third-order valence-corrected chi connectivity index (χ3v) is 1.29. The van der Waals surface area contributed by atoms with E-state index in [9.17, 15) is 4.79 Å². The molecule has 0 aromatic carbocycles. The molecule has 2 heteroatoms. The Kier molecular flexibility index (Phi) is 3.17. The van der Waals surface area contributed by atoms with Gasteiger partial charge in [0, 0.05) is 5.92 Å². The topological polar surface area (TPSA) is 37.3 Å². The number of Topliss-reactive ketones (excluding diaryl/α,β-unsaturated/α-hetero) is 1. The van der Waals surface area contributed by atoms with Crippen LogP contribution < -0.4 is 0 Å².